The number of sulfonamides is 1. The summed E-state index contributed by atoms with van der Waals surface area (Å²) in [7, 11) is -3.72. The van der Waals surface area contributed by atoms with E-state index in [4.69, 9.17) is 0 Å². The van der Waals surface area contributed by atoms with Gasteiger partial charge in [-0.3, -0.25) is 9.59 Å². The number of Topliss-reactive ketones (excluding diaryl/α,β-unsaturated/α-hetero) is 1. The third-order valence-corrected chi connectivity index (χ3v) is 7.97. The first kappa shape index (κ1) is 22.2. The minimum Gasteiger partial charge on any atom is -0.358 e. The second-order valence-corrected chi connectivity index (χ2v) is 10.3. The van der Waals surface area contributed by atoms with Crippen molar-refractivity contribution in [3.05, 3.63) is 64.8 Å². The molecule has 2 aromatic carbocycles. The zero-order valence-electron chi connectivity index (χ0n) is 18.5. The highest BCUT2D eigenvalue weighted by Crippen LogP contribution is 2.25. The van der Waals surface area contributed by atoms with Gasteiger partial charge in [0, 0.05) is 48.3 Å². The molecule has 3 aromatic rings. The van der Waals surface area contributed by atoms with E-state index in [0.717, 1.165) is 27.7 Å². The predicted octanol–water partition coefficient (Wildman–Crippen LogP) is 3.06. The maximum absolute atomic E-state index is 13.0. The number of fused-ring (bicyclic) bond motifs is 1. The SMILES string of the molecule is CC(=O)c1cccc(S(=O)(=O)N2CCN(C(=O)Cc3c(C)[nH]c4ccc(C)cc34)CC2)c1. The molecule has 0 saturated carbocycles. The van der Waals surface area contributed by atoms with Crippen LogP contribution in [0.5, 0.6) is 0 Å². The number of aryl methyl sites for hydroxylation is 2. The minimum absolute atomic E-state index is 0.00821. The number of aromatic amines is 1. The first-order valence-electron chi connectivity index (χ1n) is 10.6. The fourth-order valence-electron chi connectivity index (χ4n) is 4.19. The topological polar surface area (TPSA) is 90.6 Å². The second kappa shape index (κ2) is 8.52. The molecule has 1 N–H and O–H groups in total. The van der Waals surface area contributed by atoms with Gasteiger partial charge in [-0.15, -0.1) is 0 Å². The number of H-pyrrole nitrogens is 1. The first-order valence-corrected chi connectivity index (χ1v) is 12.1. The lowest BCUT2D eigenvalue weighted by molar-refractivity contribution is -0.131. The Morgan fingerprint density at radius 1 is 1.00 bits per heavy atom. The molecule has 7 nitrogen and oxygen atoms in total. The zero-order chi connectivity index (χ0) is 23.0. The van der Waals surface area contributed by atoms with Crippen molar-refractivity contribution < 1.29 is 18.0 Å². The number of aromatic nitrogens is 1. The first-order chi connectivity index (χ1) is 15.2. The molecule has 8 heteroatoms. The highest BCUT2D eigenvalue weighted by atomic mass is 32.2. The molecule has 0 atom stereocenters. The summed E-state index contributed by atoms with van der Waals surface area (Å²) in [5.41, 5.74) is 4.48. The van der Waals surface area contributed by atoms with Gasteiger partial charge in [-0.05, 0) is 50.6 Å². The number of amides is 1. The van der Waals surface area contributed by atoms with Crippen molar-refractivity contribution in [2.75, 3.05) is 26.2 Å². The molecule has 0 spiro atoms. The Morgan fingerprint density at radius 2 is 1.72 bits per heavy atom. The van der Waals surface area contributed by atoms with Crippen molar-refractivity contribution in [3.63, 3.8) is 0 Å². The Bertz CT molecular complexity index is 1300. The Labute approximate surface area is 188 Å². The van der Waals surface area contributed by atoms with E-state index in [9.17, 15) is 18.0 Å². The van der Waals surface area contributed by atoms with Crippen molar-refractivity contribution in [1.82, 2.24) is 14.2 Å². The molecular weight excluding hydrogens is 426 g/mol. The van der Waals surface area contributed by atoms with Gasteiger partial charge in [-0.2, -0.15) is 4.31 Å². The van der Waals surface area contributed by atoms with Gasteiger partial charge < -0.3 is 9.88 Å². The van der Waals surface area contributed by atoms with Gasteiger partial charge in [0.25, 0.3) is 0 Å². The molecule has 0 radical (unpaired) electrons. The summed E-state index contributed by atoms with van der Waals surface area (Å²) >= 11 is 0. The molecule has 0 aliphatic carbocycles. The number of nitrogens with zero attached hydrogens (tertiary/aromatic N) is 2. The Balaban J connectivity index is 1.45. The van der Waals surface area contributed by atoms with Crippen LogP contribution < -0.4 is 0 Å². The van der Waals surface area contributed by atoms with Gasteiger partial charge in [0.2, 0.25) is 15.9 Å². The number of hydrogen-bond donors (Lipinski definition) is 1. The van der Waals surface area contributed by atoms with Gasteiger partial charge in [0.15, 0.2) is 5.78 Å². The van der Waals surface area contributed by atoms with E-state index < -0.39 is 10.0 Å². The van der Waals surface area contributed by atoms with Gasteiger partial charge in [-0.25, -0.2) is 8.42 Å². The van der Waals surface area contributed by atoms with Crippen molar-refractivity contribution in [2.45, 2.75) is 32.1 Å². The lowest BCUT2D eigenvalue weighted by Crippen LogP contribution is -2.50. The van der Waals surface area contributed by atoms with E-state index in [1.54, 1.807) is 17.0 Å². The Hall–Kier alpha value is -2.97. The molecule has 1 saturated heterocycles. The van der Waals surface area contributed by atoms with Crippen molar-refractivity contribution in [2.24, 2.45) is 0 Å². The molecule has 4 rings (SSSR count). The summed E-state index contributed by atoms with van der Waals surface area (Å²) in [6.07, 6.45) is 0.280. The number of piperazine rings is 1. The van der Waals surface area contributed by atoms with Crippen LogP contribution in [0.2, 0.25) is 0 Å². The van der Waals surface area contributed by atoms with Gasteiger partial charge >= 0.3 is 0 Å². The average molecular weight is 454 g/mol. The molecule has 0 bridgehead atoms. The Morgan fingerprint density at radius 3 is 2.41 bits per heavy atom. The maximum Gasteiger partial charge on any atom is 0.243 e. The van der Waals surface area contributed by atoms with Crippen molar-refractivity contribution in [3.8, 4) is 0 Å². The quantitative estimate of drug-likeness (QED) is 0.601. The molecule has 1 aromatic heterocycles. The number of rotatable bonds is 5. The average Bonchev–Trinajstić information content (AvgIpc) is 3.08. The summed E-state index contributed by atoms with van der Waals surface area (Å²) in [6, 6.07) is 12.2. The molecular formula is C24H27N3O4S. The minimum atomic E-state index is -3.72. The molecule has 1 aliphatic rings. The molecule has 1 fully saturated rings. The van der Waals surface area contributed by atoms with E-state index in [1.165, 1.54) is 23.4 Å². The lowest BCUT2D eigenvalue weighted by Gasteiger charge is -2.34. The standard InChI is InChI=1S/C24H27N3O4S/c1-16-7-8-23-22(13-16)21(17(2)25-23)15-24(29)26-9-11-27(12-10-26)32(30,31)20-6-4-5-19(14-20)18(3)28/h4-8,13-14,25H,9-12,15H2,1-3H3. The van der Waals surface area contributed by atoms with Gasteiger partial charge in [-0.1, -0.05) is 23.8 Å². The number of benzene rings is 2. The monoisotopic (exact) mass is 453 g/mol. The number of ketones is 1. The lowest BCUT2D eigenvalue weighted by atomic mass is 10.0. The normalized spacial score (nSPS) is 15.3. The van der Waals surface area contributed by atoms with Crippen LogP contribution in [0.3, 0.4) is 0 Å². The summed E-state index contributed by atoms with van der Waals surface area (Å²) in [5, 5.41) is 1.06. The van der Waals surface area contributed by atoms with E-state index in [2.05, 4.69) is 11.1 Å². The summed E-state index contributed by atoms with van der Waals surface area (Å²) in [6.45, 7) is 6.54. The smallest absolute Gasteiger partial charge is 0.243 e. The predicted molar refractivity (Wildman–Crippen MR) is 123 cm³/mol. The summed E-state index contributed by atoms with van der Waals surface area (Å²) in [5.74, 6) is -0.189. The largest absolute Gasteiger partial charge is 0.358 e. The summed E-state index contributed by atoms with van der Waals surface area (Å²) in [4.78, 5) is 29.8. The molecule has 2 heterocycles. The van der Waals surface area contributed by atoms with E-state index in [-0.39, 0.29) is 36.1 Å². The van der Waals surface area contributed by atoms with Gasteiger partial charge in [0.1, 0.15) is 0 Å². The molecule has 1 amide bonds. The summed E-state index contributed by atoms with van der Waals surface area (Å²) < 4.78 is 27.4. The second-order valence-electron chi connectivity index (χ2n) is 8.32. The molecule has 32 heavy (non-hydrogen) atoms. The van der Waals surface area contributed by atoms with Crippen LogP contribution in [0.4, 0.5) is 0 Å². The van der Waals surface area contributed by atoms with Crippen molar-refractivity contribution >= 4 is 32.6 Å². The number of carbonyl (C=O) groups is 2. The zero-order valence-corrected chi connectivity index (χ0v) is 19.3. The molecule has 1 aliphatic heterocycles. The fourth-order valence-corrected chi connectivity index (χ4v) is 5.66. The van der Waals surface area contributed by atoms with E-state index in [1.807, 2.05) is 26.0 Å². The van der Waals surface area contributed by atoms with Crippen molar-refractivity contribution in [1.29, 1.82) is 0 Å². The van der Waals surface area contributed by atoms with E-state index in [0.29, 0.717) is 18.7 Å². The van der Waals surface area contributed by atoms with Crippen LogP contribution in [0.25, 0.3) is 10.9 Å². The maximum atomic E-state index is 13.0. The fraction of sp³-hybridized carbons (Fsp3) is 0.333. The number of carbonyl (C=O) groups excluding carboxylic acids is 2. The number of nitrogens with one attached hydrogen (secondary N) is 1. The third-order valence-electron chi connectivity index (χ3n) is 6.07. The van der Waals surface area contributed by atoms with Crippen LogP contribution in [0.15, 0.2) is 47.4 Å². The van der Waals surface area contributed by atoms with Crippen LogP contribution in [-0.4, -0.2) is 60.5 Å². The number of hydrogen-bond acceptors (Lipinski definition) is 4. The molecule has 0 unspecified atom stereocenters. The van der Waals surface area contributed by atoms with Crippen LogP contribution >= 0.6 is 0 Å². The molecule has 168 valence electrons. The highest BCUT2D eigenvalue weighted by molar-refractivity contribution is 7.89. The van der Waals surface area contributed by atoms with Crippen LogP contribution in [0.1, 0.15) is 34.1 Å². The third kappa shape index (κ3) is 4.20. The van der Waals surface area contributed by atoms with Crippen LogP contribution in [0, 0.1) is 13.8 Å². The van der Waals surface area contributed by atoms with Gasteiger partial charge in [0.05, 0.1) is 11.3 Å². The highest BCUT2D eigenvalue weighted by Gasteiger charge is 2.30. The Kier molecular flexibility index (Phi) is 5.92. The van der Waals surface area contributed by atoms with Crippen LogP contribution in [-0.2, 0) is 21.2 Å². The van der Waals surface area contributed by atoms with E-state index >= 15 is 0 Å².